The van der Waals surface area contributed by atoms with E-state index in [0.717, 1.165) is 16.5 Å². The number of hydrogen-bond donors (Lipinski definition) is 4. The number of aromatic amines is 2. The molecule has 0 aliphatic carbocycles. The van der Waals surface area contributed by atoms with Gasteiger partial charge in [0.2, 0.25) is 11.8 Å². The van der Waals surface area contributed by atoms with Gasteiger partial charge in [-0.3, -0.25) is 14.2 Å². The molecule has 0 saturated carbocycles. The monoisotopic (exact) mass is 589 g/mol. The first kappa shape index (κ1) is 29.9. The number of pyridine rings is 1. The third-order valence-electron chi connectivity index (χ3n) is 7.70. The zero-order valence-electron chi connectivity index (χ0n) is 25.2. The number of imidazole rings is 1. The lowest BCUT2D eigenvalue weighted by Gasteiger charge is -2.35. The number of piperidine rings is 1. The van der Waals surface area contributed by atoms with E-state index in [9.17, 15) is 19.2 Å². The van der Waals surface area contributed by atoms with Gasteiger partial charge >= 0.3 is 11.8 Å². The maximum absolute atomic E-state index is 14.0. The van der Waals surface area contributed by atoms with Gasteiger partial charge < -0.3 is 30.2 Å². The van der Waals surface area contributed by atoms with E-state index in [2.05, 4.69) is 25.6 Å². The molecule has 1 aliphatic heterocycles. The topological polar surface area (TPSA) is 154 Å². The van der Waals surface area contributed by atoms with Crippen LogP contribution < -0.4 is 16.3 Å². The minimum atomic E-state index is -1.35. The summed E-state index contributed by atoms with van der Waals surface area (Å²) < 4.78 is 7.01. The Balaban J connectivity index is 1.34. The van der Waals surface area contributed by atoms with Crippen molar-refractivity contribution in [1.29, 1.82) is 0 Å². The Kier molecular flexibility index (Phi) is 8.04. The van der Waals surface area contributed by atoms with Crippen molar-refractivity contribution in [3.63, 3.8) is 0 Å². The molecule has 12 heteroatoms. The predicted octanol–water partition coefficient (Wildman–Crippen LogP) is 3.40. The van der Waals surface area contributed by atoms with Crippen molar-refractivity contribution in [2.24, 2.45) is 0 Å². The first-order chi connectivity index (χ1) is 20.3. The number of carbonyl (C=O) groups is 3. The van der Waals surface area contributed by atoms with E-state index in [0.29, 0.717) is 37.1 Å². The number of H-pyrrole nitrogens is 2. The third kappa shape index (κ3) is 6.58. The number of nitrogens with one attached hydrogen (secondary N) is 4. The van der Waals surface area contributed by atoms with Crippen LogP contribution in [0.5, 0.6) is 0 Å². The summed E-state index contributed by atoms with van der Waals surface area (Å²) in [5.74, 6) is -0.739. The molecule has 3 aromatic heterocycles. The van der Waals surface area contributed by atoms with Crippen LogP contribution in [0.2, 0.25) is 0 Å². The second-order valence-corrected chi connectivity index (χ2v) is 12.6. The summed E-state index contributed by atoms with van der Waals surface area (Å²) in [6, 6.07) is 10.4. The Morgan fingerprint density at radius 2 is 1.74 bits per heavy atom. The van der Waals surface area contributed by atoms with Crippen LogP contribution in [-0.4, -0.2) is 72.6 Å². The molecule has 0 spiro atoms. The number of likely N-dealkylation sites (tertiary alicyclic amines) is 1. The highest BCUT2D eigenvalue weighted by Gasteiger charge is 2.37. The van der Waals surface area contributed by atoms with Crippen molar-refractivity contribution in [2.45, 2.75) is 77.1 Å². The highest BCUT2D eigenvalue weighted by Crippen LogP contribution is 2.26. The maximum Gasteiger partial charge on any atom is 0.408 e. The minimum absolute atomic E-state index is 0.112. The van der Waals surface area contributed by atoms with Gasteiger partial charge in [0.05, 0.1) is 5.52 Å². The first-order valence-electron chi connectivity index (χ1n) is 14.5. The van der Waals surface area contributed by atoms with E-state index < -0.39 is 29.2 Å². The molecular formula is C31H39N7O5. The smallest absolute Gasteiger partial charge is 0.408 e. The van der Waals surface area contributed by atoms with Crippen LogP contribution >= 0.6 is 0 Å². The summed E-state index contributed by atoms with van der Waals surface area (Å²) in [5, 5.41) is 6.50. The molecule has 1 fully saturated rings. The van der Waals surface area contributed by atoms with Gasteiger partial charge in [-0.1, -0.05) is 18.2 Å². The average molecular weight is 590 g/mol. The Morgan fingerprint density at radius 3 is 2.47 bits per heavy atom. The van der Waals surface area contributed by atoms with Crippen LogP contribution in [0.25, 0.3) is 22.1 Å². The molecule has 1 aliphatic rings. The Bertz CT molecular complexity index is 1700. The van der Waals surface area contributed by atoms with Gasteiger partial charge in [-0.15, -0.1) is 0 Å². The Morgan fingerprint density at radius 1 is 1.05 bits per heavy atom. The molecule has 1 atom stereocenters. The van der Waals surface area contributed by atoms with Crippen LogP contribution in [0.15, 0.2) is 53.6 Å². The van der Waals surface area contributed by atoms with Gasteiger partial charge in [0.25, 0.3) is 0 Å². The standard InChI is InChI=1S/C31H39N7O5/c1-30(2,3)43-29(42)36-31(4,5)27(40)34-24(17-19-18-33-22-10-7-6-9-21(19)22)26(39)37-15-12-20(13-16-37)38-25-23(35-28(38)41)11-8-14-32-25/h6-11,14,18,20,24,33H,12-13,15-17H2,1-5H3,(H,34,40)(H,35,41)(H,36,42)/t24-/m1/s1. The number of benzene rings is 1. The minimum Gasteiger partial charge on any atom is -0.444 e. The second-order valence-electron chi connectivity index (χ2n) is 12.6. The SMILES string of the molecule is CC(C)(C)OC(=O)NC(C)(C)C(=O)N[C@H](Cc1c[nH]c2ccccc12)C(=O)N1CCC(n2c(=O)[nH]c3cccnc32)CC1. The summed E-state index contributed by atoms with van der Waals surface area (Å²) in [6.07, 6.45) is 4.16. The quantitative estimate of drug-likeness (QED) is 0.259. The number of hydrogen-bond acceptors (Lipinski definition) is 6. The lowest BCUT2D eigenvalue weighted by Crippen LogP contribution is -2.60. The van der Waals surface area contributed by atoms with E-state index >= 15 is 0 Å². The predicted molar refractivity (Wildman–Crippen MR) is 163 cm³/mol. The number of alkyl carbamates (subject to hydrolysis) is 1. The van der Waals surface area contributed by atoms with Crippen LogP contribution in [0, 0.1) is 0 Å². The molecule has 4 aromatic rings. The fraction of sp³-hybridized carbons (Fsp3) is 0.452. The molecule has 0 bridgehead atoms. The maximum atomic E-state index is 14.0. The van der Waals surface area contributed by atoms with Gasteiger partial charge in [0, 0.05) is 48.8 Å². The third-order valence-corrected chi connectivity index (χ3v) is 7.70. The van der Waals surface area contributed by atoms with E-state index in [1.165, 1.54) is 0 Å². The summed E-state index contributed by atoms with van der Waals surface area (Å²) in [4.78, 5) is 64.9. The average Bonchev–Trinajstić information content (AvgIpc) is 3.50. The molecule has 43 heavy (non-hydrogen) atoms. The zero-order chi connectivity index (χ0) is 30.9. The normalized spacial score (nSPS) is 15.4. The molecule has 4 heterocycles. The van der Waals surface area contributed by atoms with Gasteiger partial charge in [-0.25, -0.2) is 14.6 Å². The molecule has 228 valence electrons. The van der Waals surface area contributed by atoms with Crippen molar-refractivity contribution in [1.82, 2.24) is 35.1 Å². The number of rotatable bonds is 7. The van der Waals surface area contributed by atoms with Crippen molar-refractivity contribution in [2.75, 3.05) is 13.1 Å². The second kappa shape index (κ2) is 11.6. The van der Waals surface area contributed by atoms with Crippen LogP contribution in [0.1, 0.15) is 59.1 Å². The van der Waals surface area contributed by atoms with Crippen molar-refractivity contribution < 1.29 is 19.1 Å². The van der Waals surface area contributed by atoms with E-state index in [1.807, 2.05) is 36.5 Å². The van der Waals surface area contributed by atoms with Crippen molar-refractivity contribution in [3.05, 3.63) is 64.8 Å². The van der Waals surface area contributed by atoms with E-state index in [-0.39, 0.29) is 24.1 Å². The molecule has 1 saturated heterocycles. The van der Waals surface area contributed by atoms with E-state index in [1.54, 1.807) is 56.3 Å². The number of aromatic nitrogens is 4. The highest BCUT2D eigenvalue weighted by atomic mass is 16.6. The van der Waals surface area contributed by atoms with Crippen LogP contribution in [0.3, 0.4) is 0 Å². The number of amides is 3. The molecule has 0 unspecified atom stereocenters. The largest absolute Gasteiger partial charge is 0.444 e. The van der Waals surface area contributed by atoms with Gasteiger partial charge in [-0.2, -0.15) is 0 Å². The van der Waals surface area contributed by atoms with Gasteiger partial charge in [0.1, 0.15) is 17.2 Å². The molecular weight excluding hydrogens is 550 g/mol. The number of carbonyl (C=O) groups excluding carboxylic acids is 3. The molecule has 5 rings (SSSR count). The Hall–Kier alpha value is -4.61. The lowest BCUT2D eigenvalue weighted by molar-refractivity contribution is -0.138. The van der Waals surface area contributed by atoms with E-state index in [4.69, 9.17) is 4.74 Å². The number of fused-ring (bicyclic) bond motifs is 2. The van der Waals surface area contributed by atoms with Crippen molar-refractivity contribution in [3.8, 4) is 0 Å². The Labute approximate surface area is 249 Å². The lowest BCUT2D eigenvalue weighted by atomic mass is 9.98. The fourth-order valence-electron chi connectivity index (χ4n) is 5.54. The molecule has 0 radical (unpaired) electrons. The van der Waals surface area contributed by atoms with Gasteiger partial charge in [0.15, 0.2) is 5.65 Å². The first-order valence-corrected chi connectivity index (χ1v) is 14.5. The van der Waals surface area contributed by atoms with Crippen LogP contribution in [-0.2, 0) is 20.7 Å². The molecule has 1 aromatic carbocycles. The van der Waals surface area contributed by atoms with Crippen LogP contribution in [0.4, 0.5) is 4.79 Å². The zero-order valence-corrected chi connectivity index (χ0v) is 25.2. The number of para-hydroxylation sites is 1. The number of nitrogens with zero attached hydrogens (tertiary/aromatic N) is 3. The number of ether oxygens (including phenoxy) is 1. The summed E-state index contributed by atoms with van der Waals surface area (Å²) >= 11 is 0. The highest BCUT2D eigenvalue weighted by molar-refractivity contribution is 5.94. The molecule has 4 N–H and O–H groups in total. The summed E-state index contributed by atoms with van der Waals surface area (Å²) in [6.45, 7) is 9.18. The fourth-order valence-corrected chi connectivity index (χ4v) is 5.54. The van der Waals surface area contributed by atoms with Crippen molar-refractivity contribution >= 4 is 40.0 Å². The summed E-state index contributed by atoms with van der Waals surface area (Å²) in [5.41, 5.74) is 0.792. The van der Waals surface area contributed by atoms with Gasteiger partial charge in [-0.05, 0) is 71.2 Å². The molecule has 3 amide bonds. The molecule has 12 nitrogen and oxygen atoms in total. The summed E-state index contributed by atoms with van der Waals surface area (Å²) in [7, 11) is 0.